The van der Waals surface area contributed by atoms with E-state index in [4.69, 9.17) is 5.11 Å². The molecule has 0 unspecified atom stereocenters. The Bertz CT molecular complexity index is 174. The number of rotatable bonds is 3. The van der Waals surface area contributed by atoms with E-state index >= 15 is 0 Å². The molecule has 0 aromatic carbocycles. The largest absolute Gasteiger partial charge is 0.480 e. The third-order valence-corrected chi connectivity index (χ3v) is 2.28. The first-order valence-corrected chi connectivity index (χ1v) is 4.79. The number of hydrogen-bond acceptors (Lipinski definition) is 3. The van der Waals surface area contributed by atoms with Gasteiger partial charge in [0.05, 0.1) is 0 Å². The molecule has 1 fully saturated rings. The summed E-state index contributed by atoms with van der Waals surface area (Å²) in [4.78, 5) is 10.6. The fourth-order valence-electron chi connectivity index (χ4n) is 1.62. The highest BCUT2D eigenvalue weighted by Gasteiger charge is 2.24. The van der Waals surface area contributed by atoms with Crippen molar-refractivity contribution in [3.8, 4) is 0 Å². The van der Waals surface area contributed by atoms with Crippen LogP contribution in [0, 0.1) is 5.92 Å². The maximum Gasteiger partial charge on any atom is 0.322 e. The Morgan fingerprint density at radius 3 is 2.54 bits per heavy atom. The zero-order chi connectivity index (χ0) is 9.84. The molecule has 1 aliphatic rings. The molecule has 0 aliphatic carbocycles. The van der Waals surface area contributed by atoms with E-state index in [-0.39, 0.29) is 0 Å². The second-order valence-corrected chi connectivity index (χ2v) is 4.03. The van der Waals surface area contributed by atoms with Gasteiger partial charge in [0.1, 0.15) is 6.04 Å². The maximum atomic E-state index is 10.6. The van der Waals surface area contributed by atoms with Gasteiger partial charge in [-0.2, -0.15) is 0 Å². The molecule has 0 aromatic rings. The molecule has 2 atom stereocenters. The van der Waals surface area contributed by atoms with Gasteiger partial charge in [0, 0.05) is 19.1 Å². The van der Waals surface area contributed by atoms with Gasteiger partial charge in [0.15, 0.2) is 0 Å². The summed E-state index contributed by atoms with van der Waals surface area (Å²) >= 11 is 0. The zero-order valence-electron chi connectivity index (χ0n) is 8.21. The molecule has 0 amide bonds. The normalized spacial score (nSPS) is 29.2. The van der Waals surface area contributed by atoms with E-state index < -0.39 is 12.0 Å². The van der Waals surface area contributed by atoms with Crippen LogP contribution in [-0.2, 0) is 4.79 Å². The van der Waals surface area contributed by atoms with Gasteiger partial charge in [0.2, 0.25) is 0 Å². The van der Waals surface area contributed by atoms with Crippen LogP contribution >= 0.6 is 0 Å². The van der Waals surface area contributed by atoms with E-state index in [0.717, 1.165) is 13.0 Å². The third-order valence-electron chi connectivity index (χ3n) is 2.28. The van der Waals surface area contributed by atoms with Crippen molar-refractivity contribution in [1.82, 2.24) is 10.6 Å². The molecular weight excluding hydrogens is 168 g/mol. The molecule has 1 heterocycles. The van der Waals surface area contributed by atoms with Crippen molar-refractivity contribution in [2.45, 2.75) is 32.4 Å². The summed E-state index contributed by atoms with van der Waals surface area (Å²) in [6.45, 7) is 5.64. The van der Waals surface area contributed by atoms with Gasteiger partial charge >= 0.3 is 5.97 Å². The Morgan fingerprint density at radius 2 is 2.15 bits per heavy atom. The van der Waals surface area contributed by atoms with Crippen LogP contribution in [0.4, 0.5) is 0 Å². The molecule has 0 saturated carbocycles. The molecule has 0 spiro atoms. The predicted molar refractivity (Wildman–Crippen MR) is 50.7 cm³/mol. The van der Waals surface area contributed by atoms with Crippen LogP contribution in [0.2, 0.25) is 0 Å². The van der Waals surface area contributed by atoms with Crippen LogP contribution in [0.15, 0.2) is 0 Å². The minimum Gasteiger partial charge on any atom is -0.480 e. The predicted octanol–water partition coefficient (Wildman–Crippen LogP) is 0.0471. The minimum absolute atomic E-state index is 0.414. The highest BCUT2D eigenvalue weighted by molar-refractivity contribution is 5.73. The first-order chi connectivity index (χ1) is 6.09. The Hall–Kier alpha value is -0.610. The van der Waals surface area contributed by atoms with Crippen molar-refractivity contribution in [3.05, 3.63) is 0 Å². The first kappa shape index (κ1) is 10.5. The maximum absolute atomic E-state index is 10.6. The zero-order valence-corrected chi connectivity index (χ0v) is 8.21. The first-order valence-electron chi connectivity index (χ1n) is 4.79. The lowest BCUT2D eigenvalue weighted by Gasteiger charge is -2.29. The number of carboxylic acid groups (broad SMARTS) is 1. The number of piperazine rings is 1. The average Bonchev–Trinajstić information content (AvgIpc) is 2.04. The average molecular weight is 186 g/mol. The van der Waals surface area contributed by atoms with E-state index in [1.165, 1.54) is 0 Å². The summed E-state index contributed by atoms with van der Waals surface area (Å²) in [5.41, 5.74) is 0. The van der Waals surface area contributed by atoms with Crippen LogP contribution in [0.1, 0.15) is 20.3 Å². The van der Waals surface area contributed by atoms with Crippen LogP contribution in [0.5, 0.6) is 0 Å². The molecule has 0 radical (unpaired) electrons. The molecule has 1 saturated heterocycles. The quantitative estimate of drug-likeness (QED) is 0.582. The topological polar surface area (TPSA) is 61.4 Å². The number of nitrogens with one attached hydrogen (secondary N) is 2. The number of carbonyl (C=O) groups is 1. The second kappa shape index (κ2) is 4.58. The highest BCUT2D eigenvalue weighted by Crippen LogP contribution is 2.06. The van der Waals surface area contributed by atoms with Gasteiger partial charge in [-0.1, -0.05) is 13.8 Å². The molecule has 4 nitrogen and oxygen atoms in total. The number of hydrogen-bond donors (Lipinski definition) is 3. The fourth-order valence-corrected chi connectivity index (χ4v) is 1.62. The van der Waals surface area contributed by atoms with Crippen LogP contribution in [0.3, 0.4) is 0 Å². The molecule has 13 heavy (non-hydrogen) atoms. The molecule has 1 rings (SSSR count). The number of aliphatic carboxylic acids is 1. The molecule has 0 bridgehead atoms. The van der Waals surface area contributed by atoms with Gasteiger partial charge in [-0.15, -0.1) is 0 Å². The third kappa shape index (κ3) is 3.32. The van der Waals surface area contributed by atoms with Gasteiger partial charge < -0.3 is 15.7 Å². The van der Waals surface area contributed by atoms with Crippen molar-refractivity contribution in [3.63, 3.8) is 0 Å². The Morgan fingerprint density at radius 1 is 1.46 bits per heavy atom. The molecule has 0 aromatic heterocycles. The molecule has 76 valence electrons. The van der Waals surface area contributed by atoms with E-state index in [0.29, 0.717) is 18.5 Å². The monoisotopic (exact) mass is 186 g/mol. The van der Waals surface area contributed by atoms with E-state index in [9.17, 15) is 4.79 Å². The summed E-state index contributed by atoms with van der Waals surface area (Å²) in [6, 6.07) is 0.0130. The second-order valence-electron chi connectivity index (χ2n) is 4.03. The summed E-state index contributed by atoms with van der Waals surface area (Å²) in [7, 11) is 0. The van der Waals surface area contributed by atoms with E-state index in [1.807, 2.05) is 0 Å². The summed E-state index contributed by atoms with van der Waals surface area (Å²) in [5.74, 6) is -0.115. The van der Waals surface area contributed by atoms with Crippen molar-refractivity contribution in [2.24, 2.45) is 5.92 Å². The van der Waals surface area contributed by atoms with Gasteiger partial charge in [-0.3, -0.25) is 4.79 Å². The molecular formula is C9H18N2O2. The summed E-state index contributed by atoms with van der Waals surface area (Å²) in [6.07, 6.45) is 1.10. The van der Waals surface area contributed by atoms with E-state index in [1.54, 1.807) is 0 Å². The standard InChI is InChI=1S/C9H18N2O2/c1-6(2)3-7-4-11-8(5-10-7)9(12)13/h6-8,10-11H,3-5H2,1-2H3,(H,12,13)/t7-,8+/m0/s1. The fraction of sp³-hybridized carbons (Fsp3) is 0.889. The Kier molecular flexibility index (Phi) is 3.69. The smallest absolute Gasteiger partial charge is 0.322 e. The van der Waals surface area contributed by atoms with Gasteiger partial charge in [-0.25, -0.2) is 0 Å². The van der Waals surface area contributed by atoms with Gasteiger partial charge in [0.25, 0.3) is 0 Å². The lowest BCUT2D eigenvalue weighted by Crippen LogP contribution is -2.57. The van der Waals surface area contributed by atoms with Gasteiger partial charge in [-0.05, 0) is 12.3 Å². The van der Waals surface area contributed by atoms with Crippen LogP contribution in [0.25, 0.3) is 0 Å². The van der Waals surface area contributed by atoms with Crippen molar-refractivity contribution >= 4 is 5.97 Å². The Balaban J connectivity index is 2.26. The summed E-state index contributed by atoms with van der Waals surface area (Å²) in [5, 5.41) is 15.0. The van der Waals surface area contributed by atoms with Crippen molar-refractivity contribution < 1.29 is 9.90 Å². The van der Waals surface area contributed by atoms with Crippen LogP contribution in [-0.4, -0.2) is 36.2 Å². The molecule has 4 heteroatoms. The van der Waals surface area contributed by atoms with Crippen LogP contribution < -0.4 is 10.6 Å². The lowest BCUT2D eigenvalue weighted by atomic mass is 10.0. The SMILES string of the molecule is CC(C)C[C@H]1CN[C@@H](C(=O)O)CN1. The Labute approximate surface area is 78.7 Å². The van der Waals surface area contributed by atoms with Crippen molar-refractivity contribution in [1.29, 1.82) is 0 Å². The molecule has 3 N–H and O–H groups in total. The molecule has 1 aliphatic heterocycles. The minimum atomic E-state index is -0.768. The summed E-state index contributed by atoms with van der Waals surface area (Å²) < 4.78 is 0. The van der Waals surface area contributed by atoms with Crippen molar-refractivity contribution in [2.75, 3.05) is 13.1 Å². The highest BCUT2D eigenvalue weighted by atomic mass is 16.4. The lowest BCUT2D eigenvalue weighted by molar-refractivity contribution is -0.139. The van der Waals surface area contributed by atoms with E-state index in [2.05, 4.69) is 24.5 Å². The number of carboxylic acids is 1.